The van der Waals surface area contributed by atoms with E-state index in [1.54, 1.807) is 54.6 Å². The van der Waals surface area contributed by atoms with Crippen LogP contribution in [0.25, 0.3) is 6.08 Å². The minimum atomic E-state index is -0.572. The second-order valence-electron chi connectivity index (χ2n) is 6.54. The highest BCUT2D eigenvalue weighted by Gasteiger charge is 2.11. The summed E-state index contributed by atoms with van der Waals surface area (Å²) in [5.41, 5.74) is 1.51. The van der Waals surface area contributed by atoms with E-state index >= 15 is 0 Å². The summed E-state index contributed by atoms with van der Waals surface area (Å²) in [7, 11) is 0. The minimum Gasteiger partial charge on any atom is -0.487 e. The topological polar surface area (TPSA) is 105 Å². The van der Waals surface area contributed by atoms with E-state index in [0.717, 1.165) is 0 Å². The molecular formula is C23H15Cl2N3O4. The highest BCUT2D eigenvalue weighted by Crippen LogP contribution is 2.28. The summed E-state index contributed by atoms with van der Waals surface area (Å²) in [6, 6.07) is 19.3. The Bertz CT molecular complexity index is 1230. The molecule has 0 fully saturated rings. The Kier molecular flexibility index (Phi) is 7.45. The largest absolute Gasteiger partial charge is 0.487 e. The van der Waals surface area contributed by atoms with E-state index in [4.69, 9.17) is 27.9 Å². The Morgan fingerprint density at radius 3 is 2.53 bits per heavy atom. The van der Waals surface area contributed by atoms with Gasteiger partial charge in [0.1, 0.15) is 24.0 Å². The van der Waals surface area contributed by atoms with Crippen LogP contribution in [0.3, 0.4) is 0 Å². The lowest BCUT2D eigenvalue weighted by Crippen LogP contribution is -2.13. The first-order valence-corrected chi connectivity index (χ1v) is 9.95. The van der Waals surface area contributed by atoms with Gasteiger partial charge in [0.05, 0.1) is 9.95 Å². The van der Waals surface area contributed by atoms with E-state index in [0.29, 0.717) is 27.6 Å². The molecule has 32 heavy (non-hydrogen) atoms. The first-order valence-electron chi connectivity index (χ1n) is 9.20. The molecule has 3 aromatic carbocycles. The van der Waals surface area contributed by atoms with E-state index in [9.17, 15) is 20.2 Å². The van der Waals surface area contributed by atoms with Gasteiger partial charge in [0.15, 0.2) is 0 Å². The summed E-state index contributed by atoms with van der Waals surface area (Å²) in [5, 5.41) is 23.7. The molecule has 0 aliphatic rings. The molecule has 0 radical (unpaired) electrons. The maximum absolute atomic E-state index is 12.4. The lowest BCUT2D eigenvalue weighted by Gasteiger charge is -2.09. The maximum atomic E-state index is 12.4. The highest BCUT2D eigenvalue weighted by atomic mass is 35.5. The van der Waals surface area contributed by atoms with E-state index < -0.39 is 10.8 Å². The summed E-state index contributed by atoms with van der Waals surface area (Å²) >= 11 is 12.1. The number of anilines is 1. The van der Waals surface area contributed by atoms with Crippen LogP contribution in [-0.2, 0) is 11.4 Å². The van der Waals surface area contributed by atoms with Crippen LogP contribution in [0.5, 0.6) is 5.75 Å². The van der Waals surface area contributed by atoms with E-state index in [1.807, 2.05) is 6.07 Å². The molecule has 1 amide bonds. The third-order valence-electron chi connectivity index (χ3n) is 4.25. The van der Waals surface area contributed by atoms with Gasteiger partial charge in [0.25, 0.3) is 11.6 Å². The Balaban J connectivity index is 1.70. The zero-order valence-corrected chi connectivity index (χ0v) is 17.9. The van der Waals surface area contributed by atoms with Crippen molar-refractivity contribution in [2.75, 3.05) is 5.32 Å². The Morgan fingerprint density at radius 2 is 1.88 bits per heavy atom. The van der Waals surface area contributed by atoms with Crippen molar-refractivity contribution in [2.24, 2.45) is 0 Å². The zero-order chi connectivity index (χ0) is 23.1. The fourth-order valence-electron chi connectivity index (χ4n) is 2.69. The van der Waals surface area contributed by atoms with Gasteiger partial charge in [-0.05, 0) is 53.6 Å². The molecule has 0 spiro atoms. The van der Waals surface area contributed by atoms with Gasteiger partial charge >= 0.3 is 0 Å². The number of amides is 1. The molecule has 3 rings (SSSR count). The number of carbonyl (C=O) groups excluding carboxylic acids is 1. The third-order valence-corrected chi connectivity index (χ3v) is 4.80. The van der Waals surface area contributed by atoms with Crippen LogP contribution >= 0.6 is 23.2 Å². The van der Waals surface area contributed by atoms with Crippen molar-refractivity contribution in [3.8, 4) is 11.8 Å². The van der Waals surface area contributed by atoms with Gasteiger partial charge in [0, 0.05) is 22.8 Å². The lowest BCUT2D eigenvalue weighted by molar-refractivity contribution is -0.384. The van der Waals surface area contributed by atoms with Crippen molar-refractivity contribution in [1.82, 2.24) is 0 Å². The van der Waals surface area contributed by atoms with E-state index in [1.165, 1.54) is 18.2 Å². The SMILES string of the molecule is N#C/C(=C\c1ccc(OCc2cccc([N+](=O)[O-])c2)c(Cl)c1)C(=O)Nc1ccc(Cl)cc1. The lowest BCUT2D eigenvalue weighted by atomic mass is 10.1. The normalized spacial score (nSPS) is 10.8. The number of halogens is 2. The number of nitriles is 1. The van der Waals surface area contributed by atoms with Crippen molar-refractivity contribution < 1.29 is 14.5 Å². The fourth-order valence-corrected chi connectivity index (χ4v) is 3.06. The maximum Gasteiger partial charge on any atom is 0.269 e. The smallest absolute Gasteiger partial charge is 0.269 e. The van der Waals surface area contributed by atoms with Gasteiger partial charge in [-0.1, -0.05) is 41.4 Å². The molecule has 0 saturated carbocycles. The van der Waals surface area contributed by atoms with Crippen LogP contribution in [-0.4, -0.2) is 10.8 Å². The molecule has 0 bridgehead atoms. The third kappa shape index (κ3) is 6.08. The quantitative estimate of drug-likeness (QED) is 0.197. The minimum absolute atomic E-state index is 0.0291. The molecule has 0 aliphatic heterocycles. The Hall–Kier alpha value is -3.86. The van der Waals surface area contributed by atoms with Crippen molar-refractivity contribution in [1.29, 1.82) is 5.26 Å². The molecule has 3 aromatic rings. The molecule has 7 nitrogen and oxygen atoms in total. The van der Waals surface area contributed by atoms with Gasteiger partial charge in [0.2, 0.25) is 0 Å². The van der Waals surface area contributed by atoms with Crippen molar-refractivity contribution in [3.63, 3.8) is 0 Å². The monoisotopic (exact) mass is 467 g/mol. The number of hydrogen-bond donors (Lipinski definition) is 1. The second-order valence-corrected chi connectivity index (χ2v) is 7.38. The molecule has 9 heteroatoms. The molecule has 0 heterocycles. The van der Waals surface area contributed by atoms with Gasteiger partial charge in [-0.15, -0.1) is 0 Å². The number of nitrogens with zero attached hydrogens (tertiary/aromatic N) is 2. The predicted molar refractivity (Wildman–Crippen MR) is 123 cm³/mol. The molecule has 0 unspecified atom stereocenters. The van der Waals surface area contributed by atoms with Gasteiger partial charge in [-0.3, -0.25) is 14.9 Å². The van der Waals surface area contributed by atoms with Crippen LogP contribution < -0.4 is 10.1 Å². The fraction of sp³-hybridized carbons (Fsp3) is 0.0435. The molecule has 0 aromatic heterocycles. The Labute approximate surface area is 193 Å². The van der Waals surface area contributed by atoms with Crippen LogP contribution in [0.15, 0.2) is 72.3 Å². The average molecular weight is 468 g/mol. The van der Waals surface area contributed by atoms with Crippen molar-refractivity contribution in [3.05, 3.63) is 104 Å². The molecule has 1 N–H and O–H groups in total. The summed E-state index contributed by atoms with van der Waals surface area (Å²) in [4.78, 5) is 22.8. The molecule has 0 saturated heterocycles. The first-order chi connectivity index (χ1) is 15.4. The van der Waals surface area contributed by atoms with E-state index in [2.05, 4.69) is 5.32 Å². The summed E-state index contributed by atoms with van der Waals surface area (Å²) in [5.74, 6) is -0.212. The second kappa shape index (κ2) is 10.4. The number of benzene rings is 3. The van der Waals surface area contributed by atoms with Crippen LogP contribution in [0.4, 0.5) is 11.4 Å². The zero-order valence-electron chi connectivity index (χ0n) is 16.4. The summed E-state index contributed by atoms with van der Waals surface area (Å²) in [6.45, 7) is 0.0868. The predicted octanol–water partition coefficient (Wildman–Crippen LogP) is 6.03. The van der Waals surface area contributed by atoms with Crippen molar-refractivity contribution in [2.45, 2.75) is 6.61 Å². The number of nitrogens with one attached hydrogen (secondary N) is 1. The van der Waals surface area contributed by atoms with Gasteiger partial charge in [-0.2, -0.15) is 5.26 Å². The average Bonchev–Trinajstić information content (AvgIpc) is 2.78. The van der Waals surface area contributed by atoms with Crippen LogP contribution in [0.1, 0.15) is 11.1 Å². The van der Waals surface area contributed by atoms with Gasteiger partial charge in [-0.25, -0.2) is 0 Å². The standard InChI is InChI=1S/C23H15Cl2N3O4/c24-18-5-7-19(8-6-18)27-23(29)17(13-26)10-15-4-9-22(21(25)12-15)32-14-16-2-1-3-20(11-16)28(30)31/h1-12H,14H2,(H,27,29)/b17-10+. The molecular weight excluding hydrogens is 453 g/mol. The summed E-state index contributed by atoms with van der Waals surface area (Å²) in [6.07, 6.45) is 1.40. The number of nitro benzene ring substituents is 1. The van der Waals surface area contributed by atoms with Crippen LogP contribution in [0, 0.1) is 21.4 Å². The number of hydrogen-bond acceptors (Lipinski definition) is 5. The number of non-ortho nitro benzene ring substituents is 1. The molecule has 0 aliphatic carbocycles. The highest BCUT2D eigenvalue weighted by molar-refractivity contribution is 6.32. The number of carbonyl (C=O) groups is 1. The van der Waals surface area contributed by atoms with Crippen LogP contribution in [0.2, 0.25) is 10.0 Å². The Morgan fingerprint density at radius 1 is 1.12 bits per heavy atom. The number of nitro groups is 1. The number of rotatable bonds is 7. The first kappa shape index (κ1) is 22.8. The van der Waals surface area contributed by atoms with Gasteiger partial charge < -0.3 is 10.1 Å². The molecule has 160 valence electrons. The van der Waals surface area contributed by atoms with Crippen molar-refractivity contribution >= 4 is 46.6 Å². The van der Waals surface area contributed by atoms with E-state index in [-0.39, 0.29) is 22.9 Å². The molecule has 0 atom stereocenters. The number of ether oxygens (including phenoxy) is 1. The summed E-state index contributed by atoms with van der Waals surface area (Å²) < 4.78 is 5.65.